The van der Waals surface area contributed by atoms with Gasteiger partial charge in [0.1, 0.15) is 6.04 Å². The molecule has 0 saturated heterocycles. The van der Waals surface area contributed by atoms with E-state index in [9.17, 15) is 9.59 Å². The van der Waals surface area contributed by atoms with E-state index in [1.54, 1.807) is 0 Å². The van der Waals surface area contributed by atoms with Crippen LogP contribution in [0.5, 0.6) is 0 Å². The highest BCUT2D eigenvalue weighted by molar-refractivity contribution is 5.94. The summed E-state index contributed by atoms with van der Waals surface area (Å²) in [7, 11) is 0. The predicted molar refractivity (Wildman–Crippen MR) is 111 cm³/mol. The van der Waals surface area contributed by atoms with Gasteiger partial charge in [0.05, 0.1) is 5.52 Å². The van der Waals surface area contributed by atoms with Gasteiger partial charge in [-0.15, -0.1) is 0 Å². The molecule has 0 bridgehead atoms. The Morgan fingerprint density at radius 2 is 2.00 bits per heavy atom. The SMILES string of the molecule is Cc1cc(=O)nc2c3ccccc3n([C@H](C)C(=O)N[C@@H]3CCC[C@H](C)[C@@H]3C)n12. The van der Waals surface area contributed by atoms with E-state index in [4.69, 9.17) is 0 Å². The fourth-order valence-electron chi connectivity index (χ4n) is 4.59. The largest absolute Gasteiger partial charge is 0.351 e. The van der Waals surface area contributed by atoms with Crippen molar-refractivity contribution in [1.82, 2.24) is 19.5 Å². The van der Waals surface area contributed by atoms with Gasteiger partial charge in [0, 0.05) is 23.2 Å². The second-order valence-electron chi connectivity index (χ2n) is 8.29. The van der Waals surface area contributed by atoms with Crippen molar-refractivity contribution >= 4 is 22.5 Å². The van der Waals surface area contributed by atoms with Gasteiger partial charge in [-0.05, 0) is 44.2 Å². The van der Waals surface area contributed by atoms with Gasteiger partial charge in [-0.25, -0.2) is 4.52 Å². The van der Waals surface area contributed by atoms with Gasteiger partial charge in [-0.1, -0.05) is 38.8 Å². The summed E-state index contributed by atoms with van der Waals surface area (Å²) in [5.74, 6) is 1.10. The van der Waals surface area contributed by atoms with E-state index >= 15 is 0 Å². The normalized spacial score (nSPS) is 23.8. The summed E-state index contributed by atoms with van der Waals surface area (Å²) in [5, 5.41) is 4.17. The summed E-state index contributed by atoms with van der Waals surface area (Å²) in [5.41, 5.74) is 2.00. The zero-order valence-corrected chi connectivity index (χ0v) is 17.0. The molecule has 0 radical (unpaired) electrons. The van der Waals surface area contributed by atoms with Crippen LogP contribution < -0.4 is 10.9 Å². The first-order valence-electron chi connectivity index (χ1n) is 10.2. The fraction of sp³-hybridized carbons (Fsp3) is 0.500. The lowest BCUT2D eigenvalue weighted by Gasteiger charge is -2.35. The minimum absolute atomic E-state index is 0.00621. The molecule has 0 spiro atoms. The van der Waals surface area contributed by atoms with Crippen LogP contribution in [0, 0.1) is 18.8 Å². The Morgan fingerprint density at radius 3 is 2.79 bits per heavy atom. The van der Waals surface area contributed by atoms with Crippen LogP contribution in [0.2, 0.25) is 0 Å². The van der Waals surface area contributed by atoms with Crippen molar-refractivity contribution in [1.29, 1.82) is 0 Å². The van der Waals surface area contributed by atoms with E-state index in [-0.39, 0.29) is 17.5 Å². The molecule has 1 aliphatic rings. The summed E-state index contributed by atoms with van der Waals surface area (Å²) in [6.07, 6.45) is 3.42. The van der Waals surface area contributed by atoms with Crippen molar-refractivity contribution in [3.8, 4) is 0 Å². The molecule has 2 heterocycles. The van der Waals surface area contributed by atoms with Crippen molar-refractivity contribution in [2.75, 3.05) is 0 Å². The van der Waals surface area contributed by atoms with Gasteiger partial charge in [0.25, 0.3) is 5.56 Å². The molecule has 1 aromatic carbocycles. The van der Waals surface area contributed by atoms with E-state index in [1.165, 1.54) is 12.5 Å². The van der Waals surface area contributed by atoms with Crippen LogP contribution in [-0.4, -0.2) is 26.1 Å². The average molecular weight is 380 g/mol. The molecule has 1 saturated carbocycles. The highest BCUT2D eigenvalue weighted by Crippen LogP contribution is 2.30. The van der Waals surface area contributed by atoms with Crippen molar-refractivity contribution in [3.63, 3.8) is 0 Å². The minimum Gasteiger partial charge on any atom is -0.351 e. The molecule has 1 N–H and O–H groups in total. The Bertz CT molecular complexity index is 1100. The summed E-state index contributed by atoms with van der Waals surface area (Å²) in [4.78, 5) is 29.4. The maximum Gasteiger partial charge on any atom is 0.273 e. The number of para-hydroxylation sites is 1. The van der Waals surface area contributed by atoms with E-state index in [0.29, 0.717) is 17.5 Å². The summed E-state index contributed by atoms with van der Waals surface area (Å²) in [6, 6.07) is 9.10. The summed E-state index contributed by atoms with van der Waals surface area (Å²) in [6.45, 7) is 8.29. The molecule has 6 nitrogen and oxygen atoms in total. The second-order valence-corrected chi connectivity index (χ2v) is 8.29. The smallest absolute Gasteiger partial charge is 0.273 e. The number of benzene rings is 1. The molecule has 1 aliphatic carbocycles. The number of fused-ring (bicyclic) bond motifs is 3. The lowest BCUT2D eigenvalue weighted by atomic mass is 9.78. The molecule has 1 fully saturated rings. The molecular formula is C22H28N4O2. The first-order valence-corrected chi connectivity index (χ1v) is 10.2. The van der Waals surface area contributed by atoms with Gasteiger partial charge in [-0.2, -0.15) is 4.98 Å². The average Bonchev–Trinajstić information content (AvgIpc) is 2.99. The number of carbonyl (C=O) groups is 1. The molecule has 3 aromatic rings. The van der Waals surface area contributed by atoms with Crippen molar-refractivity contribution < 1.29 is 4.79 Å². The third-order valence-corrected chi connectivity index (χ3v) is 6.47. The van der Waals surface area contributed by atoms with Gasteiger partial charge in [0.2, 0.25) is 5.91 Å². The quantitative estimate of drug-likeness (QED) is 0.757. The number of hydrogen-bond donors (Lipinski definition) is 1. The lowest BCUT2D eigenvalue weighted by Crippen LogP contribution is -2.46. The summed E-state index contributed by atoms with van der Waals surface area (Å²) < 4.78 is 3.85. The first kappa shape index (κ1) is 18.7. The van der Waals surface area contributed by atoms with Crippen LogP contribution in [-0.2, 0) is 4.79 Å². The van der Waals surface area contributed by atoms with Crippen molar-refractivity contribution in [2.24, 2.45) is 11.8 Å². The van der Waals surface area contributed by atoms with Crippen LogP contribution in [0.15, 0.2) is 35.1 Å². The van der Waals surface area contributed by atoms with Gasteiger partial charge < -0.3 is 5.32 Å². The number of nitrogens with one attached hydrogen (secondary N) is 1. The topological polar surface area (TPSA) is 68.4 Å². The molecule has 4 rings (SSSR count). The number of aromatic nitrogens is 3. The number of hydrogen-bond acceptors (Lipinski definition) is 3. The molecule has 6 heteroatoms. The molecule has 28 heavy (non-hydrogen) atoms. The number of nitrogens with zero attached hydrogens (tertiary/aromatic N) is 3. The van der Waals surface area contributed by atoms with Gasteiger partial charge >= 0.3 is 0 Å². The number of amides is 1. The third kappa shape index (κ3) is 3.01. The van der Waals surface area contributed by atoms with Gasteiger partial charge in [-0.3, -0.25) is 14.3 Å². The zero-order valence-electron chi connectivity index (χ0n) is 17.0. The Morgan fingerprint density at radius 1 is 1.25 bits per heavy atom. The minimum atomic E-state index is -0.421. The Hall–Kier alpha value is -2.63. The molecule has 0 unspecified atom stereocenters. The van der Waals surface area contributed by atoms with Gasteiger partial charge in [0.15, 0.2) is 5.65 Å². The Kier molecular flexibility index (Phi) is 4.73. The number of carbonyl (C=O) groups excluding carboxylic acids is 1. The third-order valence-electron chi connectivity index (χ3n) is 6.47. The van der Waals surface area contributed by atoms with E-state index in [0.717, 1.165) is 29.4 Å². The Labute approximate surface area is 164 Å². The van der Waals surface area contributed by atoms with Crippen LogP contribution in [0.3, 0.4) is 0 Å². The first-order chi connectivity index (χ1) is 13.4. The Balaban J connectivity index is 1.77. The van der Waals surface area contributed by atoms with Crippen molar-refractivity contribution in [2.45, 2.75) is 59.0 Å². The van der Waals surface area contributed by atoms with Crippen LogP contribution in [0.4, 0.5) is 0 Å². The lowest BCUT2D eigenvalue weighted by molar-refractivity contribution is -0.125. The van der Waals surface area contributed by atoms with Crippen molar-refractivity contribution in [3.05, 3.63) is 46.4 Å². The monoisotopic (exact) mass is 380 g/mol. The highest BCUT2D eigenvalue weighted by Gasteiger charge is 2.30. The maximum atomic E-state index is 13.2. The molecule has 2 aromatic heterocycles. The van der Waals surface area contributed by atoms with Crippen LogP contribution in [0.1, 0.15) is 51.8 Å². The van der Waals surface area contributed by atoms with Crippen LogP contribution >= 0.6 is 0 Å². The molecule has 4 atom stereocenters. The van der Waals surface area contributed by atoms with E-state index in [2.05, 4.69) is 24.1 Å². The predicted octanol–water partition coefficient (Wildman–Crippen LogP) is 3.46. The van der Waals surface area contributed by atoms with E-state index < -0.39 is 6.04 Å². The van der Waals surface area contributed by atoms with E-state index in [1.807, 2.05) is 47.3 Å². The van der Waals surface area contributed by atoms with Crippen LogP contribution in [0.25, 0.3) is 16.6 Å². The standard InChI is InChI=1S/C22H28N4O2/c1-13-8-7-10-18(15(13)3)23-22(28)16(4)26-19-11-6-5-9-17(19)21-24-20(27)12-14(2)25(21)26/h5-6,9,11-13,15-16,18H,7-8,10H2,1-4H3,(H,23,28)/t13-,15-,16+,18+/m0/s1. The second kappa shape index (κ2) is 7.08. The maximum absolute atomic E-state index is 13.2. The molecule has 1 amide bonds. The zero-order chi connectivity index (χ0) is 20.0. The highest BCUT2D eigenvalue weighted by atomic mass is 16.2. The number of aryl methyl sites for hydroxylation is 1. The molecular weight excluding hydrogens is 352 g/mol. The fourth-order valence-corrected chi connectivity index (χ4v) is 4.59. The molecule has 0 aliphatic heterocycles. The summed E-state index contributed by atoms with van der Waals surface area (Å²) >= 11 is 0. The number of rotatable bonds is 3. The molecule has 148 valence electrons.